The van der Waals surface area contributed by atoms with E-state index in [2.05, 4.69) is 0 Å². The zero-order valence-corrected chi connectivity index (χ0v) is 12.5. The molecular weight excluding hydrogens is 278 g/mol. The van der Waals surface area contributed by atoms with E-state index in [1.807, 2.05) is 6.92 Å². The number of nitrogens with zero attached hydrogens (tertiary/aromatic N) is 1. The molecule has 7 heteroatoms. The number of esters is 2. The number of unbranched alkanes of at least 4 members (excludes halogenated alkanes) is 1. The third-order valence-corrected chi connectivity index (χ3v) is 3.06. The van der Waals surface area contributed by atoms with Crippen LogP contribution in [0.2, 0.25) is 0 Å². The standard InChI is InChI=1S/C14H21NO6/c1-4-7-8-15-10(14(19)21-6-3)9(11(16)12(15)17)13(18)20-5-2/h10,16H,4-8H2,1-3H3/t10-/m1/s1. The van der Waals surface area contributed by atoms with Gasteiger partial charge in [0.15, 0.2) is 11.8 Å². The molecule has 0 spiro atoms. The van der Waals surface area contributed by atoms with Gasteiger partial charge in [0.05, 0.1) is 13.2 Å². The van der Waals surface area contributed by atoms with E-state index < -0.39 is 29.6 Å². The van der Waals surface area contributed by atoms with E-state index in [0.29, 0.717) is 6.42 Å². The van der Waals surface area contributed by atoms with Gasteiger partial charge in [0.2, 0.25) is 0 Å². The highest BCUT2D eigenvalue weighted by Gasteiger charge is 2.48. The van der Waals surface area contributed by atoms with E-state index >= 15 is 0 Å². The topological polar surface area (TPSA) is 93.1 Å². The van der Waals surface area contributed by atoms with Gasteiger partial charge >= 0.3 is 11.9 Å². The lowest BCUT2D eigenvalue weighted by Gasteiger charge is -2.24. The van der Waals surface area contributed by atoms with Gasteiger partial charge in [0, 0.05) is 6.54 Å². The lowest BCUT2D eigenvalue weighted by atomic mass is 10.1. The zero-order valence-electron chi connectivity index (χ0n) is 12.5. The Hall–Kier alpha value is -2.05. The Morgan fingerprint density at radius 1 is 1.19 bits per heavy atom. The highest BCUT2D eigenvalue weighted by molar-refractivity contribution is 6.11. The van der Waals surface area contributed by atoms with Crippen LogP contribution in [0.5, 0.6) is 0 Å². The minimum absolute atomic E-state index is 0.0777. The molecule has 0 bridgehead atoms. The lowest BCUT2D eigenvalue weighted by molar-refractivity contribution is -0.153. The molecule has 1 rings (SSSR count). The van der Waals surface area contributed by atoms with Crippen LogP contribution >= 0.6 is 0 Å². The number of aliphatic hydroxyl groups excluding tert-OH is 1. The molecule has 1 atom stereocenters. The van der Waals surface area contributed by atoms with Gasteiger partial charge in [-0.1, -0.05) is 13.3 Å². The molecule has 0 unspecified atom stereocenters. The van der Waals surface area contributed by atoms with Crippen molar-refractivity contribution < 1.29 is 29.0 Å². The molecule has 0 aromatic rings. The van der Waals surface area contributed by atoms with Crippen molar-refractivity contribution in [1.29, 1.82) is 0 Å². The van der Waals surface area contributed by atoms with Gasteiger partial charge in [-0.15, -0.1) is 0 Å². The van der Waals surface area contributed by atoms with Crippen molar-refractivity contribution in [3.8, 4) is 0 Å². The van der Waals surface area contributed by atoms with Crippen molar-refractivity contribution in [2.45, 2.75) is 39.7 Å². The summed E-state index contributed by atoms with van der Waals surface area (Å²) in [6, 6.07) is -1.23. The highest BCUT2D eigenvalue weighted by atomic mass is 16.5. The minimum atomic E-state index is -1.23. The first kappa shape index (κ1) is 17.0. The van der Waals surface area contributed by atoms with Crippen LogP contribution in [-0.4, -0.2) is 53.7 Å². The molecule has 21 heavy (non-hydrogen) atoms. The zero-order chi connectivity index (χ0) is 16.0. The second-order valence-electron chi connectivity index (χ2n) is 4.49. The third-order valence-electron chi connectivity index (χ3n) is 3.06. The van der Waals surface area contributed by atoms with E-state index in [1.54, 1.807) is 13.8 Å². The maximum absolute atomic E-state index is 12.1. The average molecular weight is 299 g/mol. The van der Waals surface area contributed by atoms with Gasteiger partial charge in [-0.3, -0.25) is 4.79 Å². The largest absolute Gasteiger partial charge is 0.503 e. The maximum Gasteiger partial charge on any atom is 0.340 e. The van der Waals surface area contributed by atoms with Crippen LogP contribution in [0.15, 0.2) is 11.3 Å². The normalized spacial score (nSPS) is 18.1. The number of carbonyl (C=O) groups is 3. The highest BCUT2D eigenvalue weighted by Crippen LogP contribution is 2.27. The SMILES string of the molecule is CCCCN1C(=O)C(O)=C(C(=O)OCC)[C@@H]1C(=O)OCC. The van der Waals surface area contributed by atoms with Crippen molar-refractivity contribution in [3.63, 3.8) is 0 Å². The molecule has 1 heterocycles. The summed E-state index contributed by atoms with van der Waals surface area (Å²) in [5.74, 6) is -3.10. The van der Waals surface area contributed by atoms with Crippen LogP contribution in [0.4, 0.5) is 0 Å². The predicted octanol–water partition coefficient (Wildman–Crippen LogP) is 0.936. The minimum Gasteiger partial charge on any atom is -0.503 e. The number of aliphatic hydroxyl groups is 1. The fraction of sp³-hybridized carbons (Fsp3) is 0.643. The number of rotatable bonds is 7. The smallest absolute Gasteiger partial charge is 0.340 e. The molecule has 0 aromatic carbocycles. The van der Waals surface area contributed by atoms with E-state index in [-0.39, 0.29) is 25.3 Å². The van der Waals surface area contributed by atoms with Gasteiger partial charge < -0.3 is 19.5 Å². The molecule has 0 radical (unpaired) electrons. The van der Waals surface area contributed by atoms with Gasteiger partial charge in [-0.05, 0) is 20.3 Å². The quantitative estimate of drug-likeness (QED) is 0.703. The fourth-order valence-electron chi connectivity index (χ4n) is 2.10. The molecule has 1 amide bonds. The molecule has 7 nitrogen and oxygen atoms in total. The predicted molar refractivity (Wildman–Crippen MR) is 73.3 cm³/mol. The number of hydrogen-bond acceptors (Lipinski definition) is 6. The van der Waals surface area contributed by atoms with Crippen molar-refractivity contribution in [2.24, 2.45) is 0 Å². The van der Waals surface area contributed by atoms with Crippen LogP contribution in [0.1, 0.15) is 33.6 Å². The Morgan fingerprint density at radius 3 is 2.33 bits per heavy atom. The summed E-state index contributed by atoms with van der Waals surface area (Å²) < 4.78 is 9.72. The average Bonchev–Trinajstić information content (AvgIpc) is 2.70. The first-order valence-corrected chi connectivity index (χ1v) is 7.07. The lowest BCUT2D eigenvalue weighted by Crippen LogP contribution is -2.44. The van der Waals surface area contributed by atoms with E-state index in [0.717, 1.165) is 11.3 Å². The Balaban J connectivity index is 3.13. The van der Waals surface area contributed by atoms with Crippen molar-refractivity contribution in [1.82, 2.24) is 4.90 Å². The van der Waals surface area contributed by atoms with Gasteiger partial charge in [-0.25, -0.2) is 9.59 Å². The molecule has 0 saturated carbocycles. The maximum atomic E-state index is 12.1. The molecule has 1 aliphatic heterocycles. The summed E-state index contributed by atoms with van der Waals surface area (Å²) in [6.45, 7) is 5.60. The Bertz CT molecular complexity index is 456. The van der Waals surface area contributed by atoms with Crippen LogP contribution in [0.3, 0.4) is 0 Å². The van der Waals surface area contributed by atoms with Gasteiger partial charge in [0.25, 0.3) is 5.91 Å². The monoisotopic (exact) mass is 299 g/mol. The molecule has 1 aliphatic rings. The van der Waals surface area contributed by atoms with Crippen LogP contribution in [0, 0.1) is 0 Å². The van der Waals surface area contributed by atoms with Crippen LogP contribution in [0.25, 0.3) is 0 Å². The summed E-state index contributed by atoms with van der Waals surface area (Å²) in [7, 11) is 0. The molecule has 118 valence electrons. The molecule has 0 fully saturated rings. The van der Waals surface area contributed by atoms with Gasteiger partial charge in [0.1, 0.15) is 5.57 Å². The summed E-state index contributed by atoms with van der Waals surface area (Å²) in [5.41, 5.74) is -0.337. The van der Waals surface area contributed by atoms with E-state index in [9.17, 15) is 19.5 Å². The van der Waals surface area contributed by atoms with Gasteiger partial charge in [-0.2, -0.15) is 0 Å². The summed E-state index contributed by atoms with van der Waals surface area (Å²) in [6.07, 6.45) is 1.44. The molecule has 0 saturated heterocycles. The molecule has 0 aliphatic carbocycles. The first-order valence-electron chi connectivity index (χ1n) is 7.07. The second kappa shape index (κ2) is 7.66. The molecule has 1 N–H and O–H groups in total. The Kier molecular flexibility index (Phi) is 6.20. The van der Waals surface area contributed by atoms with Crippen molar-refractivity contribution in [2.75, 3.05) is 19.8 Å². The summed E-state index contributed by atoms with van der Waals surface area (Å²) >= 11 is 0. The number of ether oxygens (including phenoxy) is 2. The van der Waals surface area contributed by atoms with Crippen LogP contribution < -0.4 is 0 Å². The summed E-state index contributed by atoms with van der Waals surface area (Å²) in [5, 5.41) is 9.89. The van der Waals surface area contributed by atoms with E-state index in [4.69, 9.17) is 9.47 Å². The van der Waals surface area contributed by atoms with E-state index in [1.165, 1.54) is 0 Å². The van der Waals surface area contributed by atoms with Crippen molar-refractivity contribution >= 4 is 17.8 Å². The first-order chi connectivity index (χ1) is 9.99. The molecule has 0 aromatic heterocycles. The molecular formula is C14H21NO6. The number of amides is 1. The third kappa shape index (κ3) is 3.53. The fourth-order valence-corrected chi connectivity index (χ4v) is 2.10. The number of hydrogen-bond donors (Lipinski definition) is 1. The summed E-state index contributed by atoms with van der Waals surface area (Å²) in [4.78, 5) is 37.2. The number of carbonyl (C=O) groups excluding carboxylic acids is 3. The Labute approximate surface area is 123 Å². The second-order valence-corrected chi connectivity index (χ2v) is 4.49. The Morgan fingerprint density at radius 2 is 1.81 bits per heavy atom. The van der Waals surface area contributed by atoms with Crippen molar-refractivity contribution in [3.05, 3.63) is 11.3 Å². The van der Waals surface area contributed by atoms with Crippen LogP contribution in [-0.2, 0) is 23.9 Å².